The van der Waals surface area contributed by atoms with E-state index in [1.54, 1.807) is 0 Å². The van der Waals surface area contributed by atoms with Crippen LogP contribution in [0.5, 0.6) is 0 Å². The Balaban J connectivity index is 1.40. The Bertz CT molecular complexity index is 964. The second-order valence-corrected chi connectivity index (χ2v) is 13.3. The molecule has 0 radical (unpaired) electrons. The summed E-state index contributed by atoms with van der Waals surface area (Å²) in [7, 11) is -3.47. The minimum atomic E-state index is -3.47. The first-order valence-electron chi connectivity index (χ1n) is 15.0. The van der Waals surface area contributed by atoms with Crippen molar-refractivity contribution in [3.05, 3.63) is 71.8 Å². The first kappa shape index (κ1) is 30.4. The number of carbonyl (C=O) groups excluding carboxylic acids is 1. The number of unbranched alkanes of at least 4 members (excludes halogenated alkanes) is 12. The number of benzene rings is 2. The van der Waals surface area contributed by atoms with E-state index in [-0.39, 0.29) is 5.97 Å². The van der Waals surface area contributed by atoms with Crippen LogP contribution in [0.15, 0.2) is 60.7 Å². The molecule has 2 atom stereocenters. The molecule has 0 N–H and O–H groups in total. The van der Waals surface area contributed by atoms with Gasteiger partial charge < -0.3 is 4.74 Å². The lowest BCUT2D eigenvalue weighted by atomic mass is 9.99. The highest BCUT2D eigenvalue weighted by molar-refractivity contribution is 7.92. The fraction of sp³-hybridized carbons (Fsp3) is 0.606. The van der Waals surface area contributed by atoms with E-state index < -0.39 is 26.4 Å². The molecule has 1 heterocycles. The molecular formula is C33H48O4S. The Hall–Kier alpha value is -2.14. The van der Waals surface area contributed by atoms with Gasteiger partial charge in [-0.1, -0.05) is 145 Å². The predicted octanol–water partition coefficient (Wildman–Crippen LogP) is 9.07. The number of carbonyl (C=O) groups is 1. The third-order valence-corrected chi connectivity index (χ3v) is 10.4. The minimum Gasteiger partial charge on any atom is -0.462 e. The fourth-order valence-electron chi connectivity index (χ4n) is 5.66. The summed E-state index contributed by atoms with van der Waals surface area (Å²) in [6.45, 7) is 2.26. The van der Waals surface area contributed by atoms with Crippen LogP contribution in [-0.4, -0.2) is 20.5 Å². The summed E-state index contributed by atoms with van der Waals surface area (Å²) in [6.07, 6.45) is 17.1. The highest BCUT2D eigenvalue weighted by atomic mass is 32.2. The predicted molar refractivity (Wildman–Crippen MR) is 157 cm³/mol. The third kappa shape index (κ3) is 9.87. The second kappa shape index (κ2) is 16.7. The Kier molecular flexibility index (Phi) is 13.4. The van der Waals surface area contributed by atoms with Gasteiger partial charge in [-0.05, 0) is 17.5 Å². The summed E-state index contributed by atoms with van der Waals surface area (Å²) >= 11 is 0. The molecule has 210 valence electrons. The van der Waals surface area contributed by atoms with Gasteiger partial charge in [0, 0.05) is 19.3 Å². The molecule has 38 heavy (non-hydrogen) atoms. The molecule has 1 aliphatic rings. The summed E-state index contributed by atoms with van der Waals surface area (Å²) < 4.78 is 33.1. The molecule has 2 aromatic carbocycles. The van der Waals surface area contributed by atoms with Crippen LogP contribution in [0, 0.1) is 0 Å². The van der Waals surface area contributed by atoms with Crippen LogP contribution in [0.4, 0.5) is 0 Å². The van der Waals surface area contributed by atoms with Crippen molar-refractivity contribution in [2.75, 3.05) is 0 Å². The maximum Gasteiger partial charge on any atom is 0.306 e. The van der Waals surface area contributed by atoms with E-state index in [2.05, 4.69) is 6.92 Å². The normalized spacial score (nSPS) is 20.7. The zero-order chi connectivity index (χ0) is 27.1. The molecule has 0 aliphatic carbocycles. The zero-order valence-electron chi connectivity index (χ0n) is 23.4. The molecule has 0 aromatic heterocycles. The molecule has 1 fully saturated rings. The van der Waals surface area contributed by atoms with Crippen molar-refractivity contribution < 1.29 is 17.9 Å². The molecule has 2 aromatic rings. The average molecular weight is 541 g/mol. The molecule has 1 saturated heterocycles. The summed E-state index contributed by atoms with van der Waals surface area (Å²) in [6, 6.07) is 18.7. The fourth-order valence-corrected chi connectivity index (χ4v) is 8.09. The molecular weight excluding hydrogens is 492 g/mol. The van der Waals surface area contributed by atoms with Crippen molar-refractivity contribution in [3.63, 3.8) is 0 Å². The lowest BCUT2D eigenvalue weighted by Gasteiger charge is -2.35. The largest absolute Gasteiger partial charge is 0.462 e. The van der Waals surface area contributed by atoms with Gasteiger partial charge in [0.15, 0.2) is 9.84 Å². The standard InChI is InChI=1S/C33H48O4S/c1-2-3-4-5-6-7-8-9-10-11-12-13-20-25-33(34)37-30-26-31(28-21-16-14-17-22-28)38(35,36)32(27-30)29-23-18-15-19-24-29/h14-19,21-24,30-32H,2-13,20,25-27H2,1H3. The van der Waals surface area contributed by atoms with Gasteiger partial charge >= 0.3 is 5.97 Å². The second-order valence-electron chi connectivity index (χ2n) is 11.0. The highest BCUT2D eigenvalue weighted by Crippen LogP contribution is 2.45. The number of hydrogen-bond acceptors (Lipinski definition) is 4. The van der Waals surface area contributed by atoms with E-state index in [0.717, 1.165) is 30.4 Å². The summed E-state index contributed by atoms with van der Waals surface area (Å²) in [5, 5.41) is -1.34. The number of hydrogen-bond donors (Lipinski definition) is 0. The van der Waals surface area contributed by atoms with Crippen LogP contribution >= 0.6 is 0 Å². The van der Waals surface area contributed by atoms with Gasteiger partial charge in [-0.15, -0.1) is 0 Å². The SMILES string of the molecule is CCCCCCCCCCCCCCCC(=O)OC1CC(c2ccccc2)S(=O)(=O)C(c2ccccc2)C1. The smallest absolute Gasteiger partial charge is 0.306 e. The zero-order valence-corrected chi connectivity index (χ0v) is 24.2. The van der Waals surface area contributed by atoms with E-state index >= 15 is 0 Å². The van der Waals surface area contributed by atoms with Gasteiger partial charge in [0.25, 0.3) is 0 Å². The van der Waals surface area contributed by atoms with E-state index in [0.29, 0.717) is 19.3 Å². The molecule has 0 saturated carbocycles. The van der Waals surface area contributed by atoms with Gasteiger partial charge in [-0.3, -0.25) is 4.79 Å². The molecule has 3 rings (SSSR count). The van der Waals surface area contributed by atoms with E-state index in [9.17, 15) is 13.2 Å². The lowest BCUT2D eigenvalue weighted by molar-refractivity contribution is -0.150. The van der Waals surface area contributed by atoms with E-state index in [1.165, 1.54) is 64.2 Å². The highest BCUT2D eigenvalue weighted by Gasteiger charge is 2.44. The third-order valence-electron chi connectivity index (χ3n) is 7.87. The molecule has 1 aliphatic heterocycles. The molecule has 0 spiro atoms. The molecule has 4 nitrogen and oxygen atoms in total. The lowest BCUT2D eigenvalue weighted by Crippen LogP contribution is -2.35. The maximum atomic E-state index is 13.6. The first-order valence-corrected chi connectivity index (χ1v) is 16.7. The number of sulfone groups is 1. The topological polar surface area (TPSA) is 60.4 Å². The number of rotatable bonds is 17. The molecule has 0 bridgehead atoms. The minimum absolute atomic E-state index is 0.198. The molecule has 2 unspecified atom stereocenters. The van der Waals surface area contributed by atoms with E-state index in [1.807, 2.05) is 60.7 Å². The Labute approximate surface area is 231 Å². The molecule has 0 amide bonds. The van der Waals surface area contributed by atoms with Crippen LogP contribution < -0.4 is 0 Å². The summed E-state index contributed by atoms with van der Waals surface area (Å²) in [5.41, 5.74) is 1.54. The number of ether oxygens (including phenoxy) is 1. The van der Waals surface area contributed by atoms with Crippen molar-refractivity contribution >= 4 is 15.8 Å². The van der Waals surface area contributed by atoms with Crippen molar-refractivity contribution in [2.45, 2.75) is 126 Å². The van der Waals surface area contributed by atoms with Crippen molar-refractivity contribution in [3.8, 4) is 0 Å². The Morgan fingerprint density at radius 3 is 1.47 bits per heavy atom. The van der Waals surface area contributed by atoms with Gasteiger partial charge in [0.2, 0.25) is 0 Å². The Morgan fingerprint density at radius 2 is 1.05 bits per heavy atom. The molecule has 5 heteroatoms. The monoisotopic (exact) mass is 540 g/mol. The first-order chi connectivity index (χ1) is 18.5. The van der Waals surface area contributed by atoms with Crippen molar-refractivity contribution in [1.29, 1.82) is 0 Å². The maximum absolute atomic E-state index is 13.6. The van der Waals surface area contributed by atoms with Gasteiger partial charge in [-0.2, -0.15) is 0 Å². The summed E-state index contributed by atoms with van der Waals surface area (Å²) in [4.78, 5) is 12.7. The van der Waals surface area contributed by atoms with E-state index in [4.69, 9.17) is 4.74 Å². The van der Waals surface area contributed by atoms with Crippen LogP contribution in [0.2, 0.25) is 0 Å². The van der Waals surface area contributed by atoms with Crippen LogP contribution in [0.25, 0.3) is 0 Å². The van der Waals surface area contributed by atoms with Gasteiger partial charge in [-0.25, -0.2) is 8.42 Å². The van der Waals surface area contributed by atoms with Gasteiger partial charge in [0.05, 0.1) is 10.5 Å². The Morgan fingerprint density at radius 1 is 0.658 bits per heavy atom. The van der Waals surface area contributed by atoms with Crippen LogP contribution in [0.3, 0.4) is 0 Å². The van der Waals surface area contributed by atoms with Crippen LogP contribution in [0.1, 0.15) is 131 Å². The van der Waals surface area contributed by atoms with Crippen molar-refractivity contribution in [2.24, 2.45) is 0 Å². The summed E-state index contributed by atoms with van der Waals surface area (Å²) in [5.74, 6) is -0.198. The van der Waals surface area contributed by atoms with Crippen molar-refractivity contribution in [1.82, 2.24) is 0 Å². The van der Waals surface area contributed by atoms with Gasteiger partial charge in [0.1, 0.15) is 6.10 Å². The number of esters is 1. The average Bonchev–Trinajstić information content (AvgIpc) is 2.93. The quantitative estimate of drug-likeness (QED) is 0.148. The van der Waals surface area contributed by atoms with Crippen LogP contribution in [-0.2, 0) is 19.4 Å².